The summed E-state index contributed by atoms with van der Waals surface area (Å²) in [4.78, 5) is 0. The van der Waals surface area contributed by atoms with Gasteiger partial charge in [-0.3, -0.25) is 0 Å². The van der Waals surface area contributed by atoms with Gasteiger partial charge < -0.3 is 5.32 Å². The molecule has 45 heavy (non-hydrogen) atoms. The van der Waals surface area contributed by atoms with Crippen LogP contribution in [-0.2, 0) is 5.41 Å². The quantitative estimate of drug-likeness (QED) is 0.219. The number of nitrogens with one attached hydrogen (secondary N) is 1. The second-order valence-electron chi connectivity index (χ2n) is 14.3. The lowest BCUT2D eigenvalue weighted by Crippen LogP contribution is -2.55. The highest BCUT2D eigenvalue weighted by Crippen LogP contribution is 2.70. The molecule has 0 aliphatic heterocycles. The minimum atomic E-state index is 0.138. The summed E-state index contributed by atoms with van der Waals surface area (Å²) in [5, 5.41) is 6.41. The number of rotatable bonds is 4. The summed E-state index contributed by atoms with van der Waals surface area (Å²) in [6, 6.07) is 49.8. The van der Waals surface area contributed by atoms with Crippen LogP contribution in [0.1, 0.15) is 43.2 Å². The maximum atomic E-state index is 3.83. The van der Waals surface area contributed by atoms with Crippen LogP contribution < -0.4 is 5.32 Å². The molecule has 0 saturated heterocycles. The van der Waals surface area contributed by atoms with Crippen molar-refractivity contribution in [3.05, 3.63) is 145 Å². The molecule has 6 aromatic carbocycles. The van der Waals surface area contributed by atoms with E-state index in [-0.39, 0.29) is 5.41 Å². The summed E-state index contributed by atoms with van der Waals surface area (Å²) in [6.07, 6.45) is 7.07. The number of fused-ring (bicyclic) bond motifs is 4. The first-order chi connectivity index (χ1) is 22.3. The van der Waals surface area contributed by atoms with Crippen molar-refractivity contribution in [2.24, 2.45) is 23.7 Å². The second kappa shape index (κ2) is 9.69. The van der Waals surface area contributed by atoms with Gasteiger partial charge in [0.1, 0.15) is 0 Å². The van der Waals surface area contributed by atoms with E-state index in [0.717, 1.165) is 29.4 Å². The zero-order valence-corrected chi connectivity index (χ0v) is 25.5. The van der Waals surface area contributed by atoms with Crippen LogP contribution in [0.4, 0.5) is 11.4 Å². The third kappa shape index (κ3) is 3.73. The average molecular weight is 580 g/mol. The maximum absolute atomic E-state index is 3.83. The fourth-order valence-corrected chi connectivity index (χ4v) is 10.6. The second-order valence-corrected chi connectivity index (χ2v) is 14.3. The van der Waals surface area contributed by atoms with Gasteiger partial charge in [0.2, 0.25) is 0 Å². The van der Waals surface area contributed by atoms with E-state index in [1.165, 1.54) is 81.9 Å². The van der Waals surface area contributed by atoms with Gasteiger partial charge in [-0.2, -0.15) is 0 Å². The molecule has 4 saturated carbocycles. The van der Waals surface area contributed by atoms with Crippen LogP contribution in [0.2, 0.25) is 0 Å². The van der Waals surface area contributed by atoms with E-state index >= 15 is 0 Å². The molecule has 0 atom stereocenters. The molecule has 0 amide bonds. The molecule has 0 aromatic heterocycles. The first-order valence-electron chi connectivity index (χ1n) is 16.9. The van der Waals surface area contributed by atoms with E-state index in [9.17, 15) is 0 Å². The topological polar surface area (TPSA) is 12.0 Å². The van der Waals surface area contributed by atoms with Crippen molar-refractivity contribution >= 4 is 22.1 Å². The Kier molecular flexibility index (Phi) is 5.53. The number of hydrogen-bond donors (Lipinski definition) is 1. The summed E-state index contributed by atoms with van der Waals surface area (Å²) in [5.41, 5.74) is 13.9. The SMILES string of the molecule is c1ccc(-c2cccc3c2-c2ccc(Nc4ccc(-c5cccc6ccccc56)cc4)cc2C32C3CC4CC(C3)CC2C4)cc1. The molecule has 5 aliphatic rings. The molecule has 0 heterocycles. The van der Waals surface area contributed by atoms with Gasteiger partial charge in [0.15, 0.2) is 0 Å². The summed E-state index contributed by atoms with van der Waals surface area (Å²) < 4.78 is 0. The third-order valence-electron chi connectivity index (χ3n) is 12.0. The fourth-order valence-electron chi connectivity index (χ4n) is 10.6. The van der Waals surface area contributed by atoms with E-state index in [1.54, 1.807) is 11.1 Å². The van der Waals surface area contributed by atoms with Gasteiger partial charge in [-0.05, 0) is 135 Å². The van der Waals surface area contributed by atoms with Crippen molar-refractivity contribution in [2.75, 3.05) is 5.32 Å². The normalized spacial score (nSPS) is 25.4. The smallest absolute Gasteiger partial charge is 0.0387 e. The molecule has 218 valence electrons. The molecular weight excluding hydrogens is 542 g/mol. The van der Waals surface area contributed by atoms with Gasteiger partial charge in [0.05, 0.1) is 0 Å². The highest BCUT2D eigenvalue weighted by molar-refractivity contribution is 5.97. The van der Waals surface area contributed by atoms with E-state index in [1.807, 2.05) is 0 Å². The zero-order chi connectivity index (χ0) is 29.5. The lowest BCUT2D eigenvalue weighted by Gasteiger charge is -2.61. The Hall–Kier alpha value is -4.62. The van der Waals surface area contributed by atoms with E-state index < -0.39 is 0 Å². The maximum Gasteiger partial charge on any atom is 0.0387 e. The molecule has 0 unspecified atom stereocenters. The number of hydrogen-bond acceptors (Lipinski definition) is 1. The summed E-state index contributed by atoms with van der Waals surface area (Å²) in [6.45, 7) is 0. The Labute approximate surface area is 266 Å². The highest BCUT2D eigenvalue weighted by atomic mass is 14.9. The van der Waals surface area contributed by atoms with Gasteiger partial charge >= 0.3 is 0 Å². The van der Waals surface area contributed by atoms with Crippen LogP contribution >= 0.6 is 0 Å². The zero-order valence-electron chi connectivity index (χ0n) is 25.5. The van der Waals surface area contributed by atoms with Crippen LogP contribution in [0.3, 0.4) is 0 Å². The molecule has 1 heteroatoms. The van der Waals surface area contributed by atoms with Crippen LogP contribution in [0.25, 0.3) is 44.2 Å². The largest absolute Gasteiger partial charge is 0.356 e. The third-order valence-corrected chi connectivity index (χ3v) is 12.0. The highest BCUT2D eigenvalue weighted by Gasteiger charge is 2.61. The monoisotopic (exact) mass is 579 g/mol. The number of anilines is 2. The molecule has 4 bridgehead atoms. The molecule has 4 fully saturated rings. The molecule has 11 rings (SSSR count). The van der Waals surface area contributed by atoms with E-state index in [2.05, 4.69) is 139 Å². The van der Waals surface area contributed by atoms with Crippen LogP contribution in [-0.4, -0.2) is 0 Å². The van der Waals surface area contributed by atoms with Crippen LogP contribution in [0, 0.1) is 23.7 Å². The average Bonchev–Trinajstić information content (AvgIpc) is 3.38. The van der Waals surface area contributed by atoms with E-state index in [4.69, 9.17) is 0 Å². The summed E-state index contributed by atoms with van der Waals surface area (Å²) in [5.74, 6) is 3.36. The standard InChI is InChI=1S/C44H37N/c1-2-8-31(9-3-1)39-14-7-15-41-43(39)40-21-20-36(27-42(40)44(41)33-23-28-22-29(25-33)26-34(44)24-28)45-35-18-16-32(17-19-35)38-13-6-11-30-10-4-5-12-37(30)38/h1-21,27-29,33-34,45H,22-26H2. The van der Waals surface area contributed by atoms with Crippen molar-refractivity contribution in [1.82, 2.24) is 0 Å². The fraction of sp³-hybridized carbons (Fsp3) is 0.227. The van der Waals surface area contributed by atoms with Crippen molar-refractivity contribution in [2.45, 2.75) is 37.5 Å². The first-order valence-corrected chi connectivity index (χ1v) is 16.9. The summed E-state index contributed by atoms with van der Waals surface area (Å²) >= 11 is 0. The molecule has 0 radical (unpaired) electrons. The predicted molar refractivity (Wildman–Crippen MR) is 188 cm³/mol. The van der Waals surface area contributed by atoms with Crippen molar-refractivity contribution < 1.29 is 0 Å². The lowest BCUT2D eigenvalue weighted by atomic mass is 9.43. The van der Waals surface area contributed by atoms with Crippen LogP contribution in [0.15, 0.2) is 133 Å². The molecule has 5 aliphatic carbocycles. The Morgan fingerprint density at radius 1 is 0.467 bits per heavy atom. The molecular formula is C44H37N. The Morgan fingerprint density at radius 2 is 1.11 bits per heavy atom. The van der Waals surface area contributed by atoms with Crippen molar-refractivity contribution in [3.63, 3.8) is 0 Å². The molecule has 1 nitrogen and oxygen atoms in total. The van der Waals surface area contributed by atoms with Crippen molar-refractivity contribution in [1.29, 1.82) is 0 Å². The Balaban J connectivity index is 1.07. The number of benzene rings is 6. The Morgan fingerprint density at radius 3 is 1.91 bits per heavy atom. The Bertz CT molecular complexity index is 2050. The van der Waals surface area contributed by atoms with Gasteiger partial charge in [-0.1, -0.05) is 109 Å². The molecule has 6 aromatic rings. The summed E-state index contributed by atoms with van der Waals surface area (Å²) in [7, 11) is 0. The predicted octanol–water partition coefficient (Wildman–Crippen LogP) is 11.6. The van der Waals surface area contributed by atoms with E-state index in [0.29, 0.717) is 0 Å². The molecule has 1 spiro atoms. The minimum absolute atomic E-state index is 0.138. The van der Waals surface area contributed by atoms with Crippen molar-refractivity contribution in [3.8, 4) is 33.4 Å². The van der Waals surface area contributed by atoms with Gasteiger partial charge in [0.25, 0.3) is 0 Å². The minimum Gasteiger partial charge on any atom is -0.356 e. The lowest BCUT2D eigenvalue weighted by molar-refractivity contribution is -0.0399. The van der Waals surface area contributed by atoms with Crippen LogP contribution in [0.5, 0.6) is 0 Å². The molecule has 1 N–H and O–H groups in total. The first kappa shape index (κ1) is 25.7. The van der Waals surface area contributed by atoms with Gasteiger partial charge in [-0.25, -0.2) is 0 Å². The van der Waals surface area contributed by atoms with Gasteiger partial charge in [0, 0.05) is 16.8 Å². The van der Waals surface area contributed by atoms with Gasteiger partial charge in [-0.15, -0.1) is 0 Å².